The summed E-state index contributed by atoms with van der Waals surface area (Å²) in [6, 6.07) is 10.8. The maximum absolute atomic E-state index is 12.2. The number of pyridine rings is 1. The molecule has 22 heavy (non-hydrogen) atoms. The zero-order chi connectivity index (χ0) is 16.3. The van der Waals surface area contributed by atoms with Crippen molar-refractivity contribution in [2.24, 2.45) is 0 Å². The van der Waals surface area contributed by atoms with Gasteiger partial charge in [-0.05, 0) is 43.7 Å². The van der Waals surface area contributed by atoms with Crippen molar-refractivity contribution in [3.05, 3.63) is 53.9 Å². The van der Waals surface area contributed by atoms with E-state index in [1.807, 2.05) is 32.0 Å². The quantitative estimate of drug-likeness (QED) is 0.920. The normalized spacial score (nSPS) is 13.1. The lowest BCUT2D eigenvalue weighted by Crippen LogP contribution is -2.22. The number of nitrogens with one attached hydrogen (secondary N) is 1. The smallest absolute Gasteiger partial charge is 0.242 e. The van der Waals surface area contributed by atoms with Gasteiger partial charge in [0.1, 0.15) is 0 Å². The third-order valence-electron chi connectivity index (χ3n) is 3.52. The minimum Gasteiger partial charge on any atom is -0.377 e. The second-order valence-electron chi connectivity index (χ2n) is 5.36. The van der Waals surface area contributed by atoms with E-state index in [9.17, 15) is 8.42 Å². The van der Waals surface area contributed by atoms with Crippen molar-refractivity contribution in [1.82, 2.24) is 9.29 Å². The van der Waals surface area contributed by atoms with Gasteiger partial charge < -0.3 is 5.32 Å². The molecule has 6 heteroatoms. The Kier molecular flexibility index (Phi) is 4.83. The highest BCUT2D eigenvalue weighted by atomic mass is 32.2. The number of sulfonamides is 1. The number of hydrogen-bond donors (Lipinski definition) is 1. The summed E-state index contributed by atoms with van der Waals surface area (Å²) in [6.07, 6.45) is 1.75. The van der Waals surface area contributed by atoms with Crippen molar-refractivity contribution < 1.29 is 8.42 Å². The minimum absolute atomic E-state index is 0.0276. The van der Waals surface area contributed by atoms with Crippen LogP contribution in [0.4, 0.5) is 5.69 Å². The summed E-state index contributed by atoms with van der Waals surface area (Å²) in [4.78, 5) is 4.54. The van der Waals surface area contributed by atoms with E-state index in [1.54, 1.807) is 24.4 Å². The summed E-state index contributed by atoms with van der Waals surface area (Å²) < 4.78 is 25.6. The summed E-state index contributed by atoms with van der Waals surface area (Å²) in [5, 5.41) is 3.36. The molecule has 2 aromatic rings. The van der Waals surface area contributed by atoms with E-state index < -0.39 is 10.0 Å². The molecule has 0 bridgehead atoms. The number of aromatic nitrogens is 1. The van der Waals surface area contributed by atoms with Gasteiger partial charge in [-0.3, -0.25) is 4.98 Å². The molecule has 1 aromatic carbocycles. The topological polar surface area (TPSA) is 62.3 Å². The van der Waals surface area contributed by atoms with Crippen LogP contribution in [0.15, 0.2) is 47.5 Å². The Hall–Kier alpha value is -1.92. The number of aryl methyl sites for hydroxylation is 1. The van der Waals surface area contributed by atoms with Crippen molar-refractivity contribution in [1.29, 1.82) is 0 Å². The standard InChI is InChI=1S/C16H21N3O2S/c1-12(18-16-9-6-10-17-13(16)2)14-7-5-8-15(11-14)22(20,21)19(3)4/h5-12,18H,1-4H3/t12-/m0/s1. The Morgan fingerprint density at radius 1 is 1.18 bits per heavy atom. The van der Waals surface area contributed by atoms with E-state index in [-0.39, 0.29) is 6.04 Å². The molecule has 2 rings (SSSR count). The molecule has 0 saturated carbocycles. The molecular weight excluding hydrogens is 298 g/mol. The molecule has 0 radical (unpaired) electrons. The summed E-state index contributed by atoms with van der Waals surface area (Å²) >= 11 is 0. The SMILES string of the molecule is Cc1ncccc1N[C@@H](C)c1cccc(S(=O)(=O)N(C)C)c1. The van der Waals surface area contributed by atoms with Crippen molar-refractivity contribution in [3.8, 4) is 0 Å². The Morgan fingerprint density at radius 3 is 2.55 bits per heavy atom. The summed E-state index contributed by atoms with van der Waals surface area (Å²) in [5.41, 5.74) is 2.76. The Morgan fingerprint density at radius 2 is 1.91 bits per heavy atom. The van der Waals surface area contributed by atoms with Crippen LogP contribution < -0.4 is 5.32 Å². The molecule has 0 amide bonds. The fraction of sp³-hybridized carbons (Fsp3) is 0.312. The van der Waals surface area contributed by atoms with Crippen LogP contribution in [0.3, 0.4) is 0 Å². The molecule has 0 spiro atoms. The van der Waals surface area contributed by atoms with Gasteiger partial charge >= 0.3 is 0 Å². The summed E-state index contributed by atoms with van der Waals surface area (Å²) in [5.74, 6) is 0. The van der Waals surface area contributed by atoms with Crippen LogP contribution in [0, 0.1) is 6.92 Å². The first kappa shape index (κ1) is 16.5. The third kappa shape index (κ3) is 3.45. The van der Waals surface area contributed by atoms with E-state index in [0.717, 1.165) is 16.9 Å². The molecule has 5 nitrogen and oxygen atoms in total. The lowest BCUT2D eigenvalue weighted by Gasteiger charge is -2.18. The van der Waals surface area contributed by atoms with E-state index in [0.29, 0.717) is 4.90 Å². The van der Waals surface area contributed by atoms with Crippen LogP contribution in [0.2, 0.25) is 0 Å². The summed E-state index contributed by atoms with van der Waals surface area (Å²) in [7, 11) is -0.360. The number of anilines is 1. The van der Waals surface area contributed by atoms with E-state index >= 15 is 0 Å². The Labute approximate surface area is 132 Å². The van der Waals surface area contributed by atoms with Crippen LogP contribution in [0.5, 0.6) is 0 Å². The largest absolute Gasteiger partial charge is 0.377 e. The molecule has 118 valence electrons. The maximum atomic E-state index is 12.2. The fourth-order valence-corrected chi connectivity index (χ4v) is 3.07. The zero-order valence-electron chi connectivity index (χ0n) is 13.2. The number of hydrogen-bond acceptors (Lipinski definition) is 4. The monoisotopic (exact) mass is 319 g/mol. The number of benzene rings is 1. The molecule has 0 aliphatic rings. The first-order valence-electron chi connectivity index (χ1n) is 7.03. The van der Waals surface area contributed by atoms with E-state index in [4.69, 9.17) is 0 Å². The van der Waals surface area contributed by atoms with Crippen LogP contribution in [-0.4, -0.2) is 31.8 Å². The van der Waals surface area contributed by atoms with Gasteiger partial charge in [-0.15, -0.1) is 0 Å². The van der Waals surface area contributed by atoms with Gasteiger partial charge in [0, 0.05) is 26.3 Å². The maximum Gasteiger partial charge on any atom is 0.242 e. The lowest BCUT2D eigenvalue weighted by molar-refractivity contribution is 0.520. The molecule has 0 aliphatic heterocycles. The lowest BCUT2D eigenvalue weighted by atomic mass is 10.1. The van der Waals surface area contributed by atoms with Crippen LogP contribution in [0.1, 0.15) is 24.2 Å². The first-order chi connectivity index (χ1) is 10.3. The van der Waals surface area contributed by atoms with Crippen molar-refractivity contribution in [2.75, 3.05) is 19.4 Å². The molecule has 1 heterocycles. The highest BCUT2D eigenvalue weighted by Crippen LogP contribution is 2.23. The van der Waals surface area contributed by atoms with Gasteiger partial charge in [0.05, 0.1) is 16.3 Å². The van der Waals surface area contributed by atoms with Gasteiger partial charge in [0.25, 0.3) is 0 Å². The Bertz CT molecular complexity index is 757. The second-order valence-corrected chi connectivity index (χ2v) is 7.51. The predicted molar refractivity (Wildman–Crippen MR) is 88.3 cm³/mol. The fourth-order valence-electron chi connectivity index (χ4n) is 2.11. The van der Waals surface area contributed by atoms with Gasteiger partial charge in [-0.2, -0.15) is 0 Å². The average Bonchev–Trinajstić information content (AvgIpc) is 2.49. The Balaban J connectivity index is 2.28. The minimum atomic E-state index is -3.42. The number of nitrogens with zero attached hydrogens (tertiary/aromatic N) is 2. The van der Waals surface area contributed by atoms with E-state index in [1.165, 1.54) is 18.4 Å². The van der Waals surface area contributed by atoms with Crippen LogP contribution >= 0.6 is 0 Å². The van der Waals surface area contributed by atoms with E-state index in [2.05, 4.69) is 10.3 Å². The van der Waals surface area contributed by atoms with Gasteiger partial charge in [-0.25, -0.2) is 12.7 Å². The van der Waals surface area contributed by atoms with Gasteiger partial charge in [0.2, 0.25) is 10.0 Å². The zero-order valence-corrected chi connectivity index (χ0v) is 14.1. The molecule has 0 unspecified atom stereocenters. The molecule has 1 atom stereocenters. The van der Waals surface area contributed by atoms with Gasteiger partial charge in [0.15, 0.2) is 0 Å². The number of rotatable bonds is 5. The van der Waals surface area contributed by atoms with Crippen LogP contribution in [-0.2, 0) is 10.0 Å². The molecule has 0 aliphatic carbocycles. The van der Waals surface area contributed by atoms with Crippen molar-refractivity contribution in [3.63, 3.8) is 0 Å². The first-order valence-corrected chi connectivity index (χ1v) is 8.47. The highest BCUT2D eigenvalue weighted by molar-refractivity contribution is 7.89. The molecule has 1 aromatic heterocycles. The summed E-state index contributed by atoms with van der Waals surface area (Å²) in [6.45, 7) is 3.93. The molecule has 1 N–H and O–H groups in total. The predicted octanol–water partition coefficient (Wildman–Crippen LogP) is 2.81. The van der Waals surface area contributed by atoms with Gasteiger partial charge in [-0.1, -0.05) is 12.1 Å². The second kappa shape index (κ2) is 6.46. The molecular formula is C16H21N3O2S. The van der Waals surface area contributed by atoms with Crippen molar-refractivity contribution >= 4 is 15.7 Å². The highest BCUT2D eigenvalue weighted by Gasteiger charge is 2.18. The molecule has 0 fully saturated rings. The molecule has 0 saturated heterocycles. The van der Waals surface area contributed by atoms with Crippen molar-refractivity contribution in [2.45, 2.75) is 24.8 Å². The third-order valence-corrected chi connectivity index (χ3v) is 5.33. The average molecular weight is 319 g/mol. The van der Waals surface area contributed by atoms with Crippen LogP contribution in [0.25, 0.3) is 0 Å².